The molecular weight excluding hydrogens is 153 g/mol. The van der Waals surface area contributed by atoms with Crippen LogP contribution in [-0.4, -0.2) is 0 Å². The summed E-state index contributed by atoms with van der Waals surface area (Å²) in [7, 11) is 0. The van der Waals surface area contributed by atoms with Crippen LogP contribution in [0.5, 0.6) is 0 Å². The summed E-state index contributed by atoms with van der Waals surface area (Å²) in [5.41, 5.74) is 1.72. The van der Waals surface area contributed by atoms with Crippen molar-refractivity contribution in [2.75, 3.05) is 0 Å². The second-order valence-electron chi connectivity index (χ2n) is 2.74. The lowest BCUT2D eigenvalue weighted by Gasteiger charge is -2.00. The van der Waals surface area contributed by atoms with Crippen LogP contribution in [0.4, 0.5) is 4.39 Å². The first-order chi connectivity index (χ1) is 5.81. The molecule has 0 radical (unpaired) electrons. The van der Waals surface area contributed by atoms with Gasteiger partial charge in [-0.1, -0.05) is 18.2 Å². The van der Waals surface area contributed by atoms with E-state index in [0.717, 1.165) is 11.1 Å². The fourth-order valence-corrected chi connectivity index (χ4v) is 1.39. The fourth-order valence-electron chi connectivity index (χ4n) is 1.39. The second-order valence-corrected chi connectivity index (χ2v) is 2.74. The van der Waals surface area contributed by atoms with E-state index in [0.29, 0.717) is 0 Å². The Morgan fingerprint density at radius 2 is 2.25 bits per heavy atom. The Labute approximate surface area is 69.8 Å². The Bertz CT molecular complexity index is 387. The molecule has 1 aliphatic carbocycles. The summed E-state index contributed by atoms with van der Waals surface area (Å²) in [5.74, 6) is -0.447. The van der Waals surface area contributed by atoms with Gasteiger partial charge in [-0.2, -0.15) is 5.26 Å². The Kier molecular flexibility index (Phi) is 1.44. The maximum absolute atomic E-state index is 12.7. The molecule has 0 heterocycles. The zero-order valence-corrected chi connectivity index (χ0v) is 6.29. The SMILES string of the molecule is N#CC1C=Cc2cc(F)ccc21. The van der Waals surface area contributed by atoms with Crippen LogP contribution in [0.2, 0.25) is 0 Å². The zero-order chi connectivity index (χ0) is 8.55. The molecule has 1 unspecified atom stereocenters. The van der Waals surface area contributed by atoms with Gasteiger partial charge in [-0.3, -0.25) is 0 Å². The minimum absolute atomic E-state index is 0.194. The van der Waals surface area contributed by atoms with Crippen LogP contribution in [0.25, 0.3) is 6.08 Å². The number of halogens is 1. The first-order valence-electron chi connectivity index (χ1n) is 3.68. The van der Waals surface area contributed by atoms with Crippen molar-refractivity contribution in [1.82, 2.24) is 0 Å². The first kappa shape index (κ1) is 7.05. The molecule has 0 bridgehead atoms. The van der Waals surface area contributed by atoms with Crippen LogP contribution in [0.1, 0.15) is 17.0 Å². The van der Waals surface area contributed by atoms with E-state index in [4.69, 9.17) is 5.26 Å². The Morgan fingerprint density at radius 3 is 3.00 bits per heavy atom. The molecule has 58 valence electrons. The topological polar surface area (TPSA) is 23.8 Å². The maximum atomic E-state index is 12.7. The van der Waals surface area contributed by atoms with Gasteiger partial charge in [-0.05, 0) is 23.3 Å². The van der Waals surface area contributed by atoms with Gasteiger partial charge in [0.05, 0.1) is 12.0 Å². The van der Waals surface area contributed by atoms with Crippen LogP contribution in [0, 0.1) is 17.1 Å². The van der Waals surface area contributed by atoms with Crippen molar-refractivity contribution in [2.24, 2.45) is 0 Å². The maximum Gasteiger partial charge on any atom is 0.123 e. The van der Waals surface area contributed by atoms with Gasteiger partial charge in [0.1, 0.15) is 5.82 Å². The smallest absolute Gasteiger partial charge is 0.123 e. The molecule has 0 N–H and O–H groups in total. The quantitative estimate of drug-likeness (QED) is 0.570. The highest BCUT2D eigenvalue weighted by Gasteiger charge is 2.16. The van der Waals surface area contributed by atoms with Gasteiger partial charge in [-0.15, -0.1) is 0 Å². The molecule has 0 saturated heterocycles. The number of fused-ring (bicyclic) bond motifs is 1. The van der Waals surface area contributed by atoms with Crippen molar-refractivity contribution < 1.29 is 4.39 Å². The van der Waals surface area contributed by atoms with Crippen molar-refractivity contribution in [3.63, 3.8) is 0 Å². The highest BCUT2D eigenvalue weighted by atomic mass is 19.1. The molecule has 0 fully saturated rings. The number of hydrogen-bond acceptors (Lipinski definition) is 1. The van der Waals surface area contributed by atoms with Crippen LogP contribution < -0.4 is 0 Å². The molecule has 2 heteroatoms. The third-order valence-corrected chi connectivity index (χ3v) is 1.99. The second kappa shape index (κ2) is 2.46. The number of benzene rings is 1. The minimum Gasteiger partial charge on any atom is -0.207 e. The van der Waals surface area contributed by atoms with Gasteiger partial charge in [0.15, 0.2) is 0 Å². The number of allylic oxidation sites excluding steroid dienone is 1. The molecule has 1 aromatic rings. The predicted octanol–water partition coefficient (Wildman–Crippen LogP) is 2.46. The molecular formula is C10H6FN. The molecule has 12 heavy (non-hydrogen) atoms. The van der Waals surface area contributed by atoms with Crippen molar-refractivity contribution in [1.29, 1.82) is 5.26 Å². The van der Waals surface area contributed by atoms with Gasteiger partial charge in [0.25, 0.3) is 0 Å². The van der Waals surface area contributed by atoms with Crippen LogP contribution in [-0.2, 0) is 0 Å². The molecule has 0 aliphatic heterocycles. The van der Waals surface area contributed by atoms with Gasteiger partial charge >= 0.3 is 0 Å². The molecule has 1 atom stereocenters. The lowest BCUT2D eigenvalue weighted by molar-refractivity contribution is 0.627. The van der Waals surface area contributed by atoms with Crippen molar-refractivity contribution in [3.8, 4) is 6.07 Å². The van der Waals surface area contributed by atoms with Crippen LogP contribution in [0.15, 0.2) is 24.3 Å². The van der Waals surface area contributed by atoms with E-state index in [1.165, 1.54) is 12.1 Å². The fraction of sp³-hybridized carbons (Fsp3) is 0.100. The summed E-state index contributed by atoms with van der Waals surface area (Å²) in [4.78, 5) is 0. The number of rotatable bonds is 0. The van der Waals surface area contributed by atoms with E-state index in [9.17, 15) is 4.39 Å². The summed E-state index contributed by atoms with van der Waals surface area (Å²) < 4.78 is 12.7. The molecule has 0 spiro atoms. The monoisotopic (exact) mass is 159 g/mol. The Morgan fingerprint density at radius 1 is 1.42 bits per heavy atom. The normalized spacial score (nSPS) is 18.8. The summed E-state index contributed by atoms with van der Waals surface area (Å²) in [6, 6.07) is 6.63. The van der Waals surface area contributed by atoms with Crippen LogP contribution >= 0.6 is 0 Å². The molecule has 1 aromatic carbocycles. The summed E-state index contributed by atoms with van der Waals surface area (Å²) in [6.45, 7) is 0. The van der Waals surface area contributed by atoms with E-state index in [1.54, 1.807) is 18.2 Å². The number of nitriles is 1. The third kappa shape index (κ3) is 0.911. The lowest BCUT2D eigenvalue weighted by atomic mass is 10.0. The molecule has 2 rings (SSSR count). The average Bonchev–Trinajstić information content (AvgIpc) is 2.46. The van der Waals surface area contributed by atoms with Crippen LogP contribution in [0.3, 0.4) is 0 Å². The highest BCUT2D eigenvalue weighted by Crippen LogP contribution is 2.29. The van der Waals surface area contributed by atoms with Gasteiger partial charge in [-0.25, -0.2) is 4.39 Å². The van der Waals surface area contributed by atoms with Crippen molar-refractivity contribution >= 4 is 6.08 Å². The summed E-state index contributed by atoms with van der Waals surface area (Å²) in [6.07, 6.45) is 3.57. The van der Waals surface area contributed by atoms with Gasteiger partial charge in [0.2, 0.25) is 0 Å². The van der Waals surface area contributed by atoms with E-state index in [-0.39, 0.29) is 11.7 Å². The molecule has 0 amide bonds. The standard InChI is InChI=1S/C10H6FN/c11-9-3-4-10-7(5-9)1-2-8(10)6-12/h1-5,8H. The minimum atomic E-state index is -0.253. The highest BCUT2D eigenvalue weighted by molar-refractivity contribution is 5.64. The molecule has 1 aliphatic rings. The van der Waals surface area contributed by atoms with E-state index >= 15 is 0 Å². The van der Waals surface area contributed by atoms with E-state index in [1.807, 2.05) is 0 Å². The summed E-state index contributed by atoms with van der Waals surface area (Å²) >= 11 is 0. The van der Waals surface area contributed by atoms with Crippen molar-refractivity contribution in [2.45, 2.75) is 5.92 Å². The van der Waals surface area contributed by atoms with Gasteiger partial charge in [0, 0.05) is 0 Å². The van der Waals surface area contributed by atoms with Gasteiger partial charge < -0.3 is 0 Å². The third-order valence-electron chi connectivity index (χ3n) is 1.99. The largest absolute Gasteiger partial charge is 0.207 e. The molecule has 1 nitrogen and oxygen atoms in total. The predicted molar refractivity (Wildman–Crippen MR) is 43.8 cm³/mol. The van der Waals surface area contributed by atoms with E-state index < -0.39 is 0 Å². The molecule has 0 saturated carbocycles. The number of hydrogen-bond donors (Lipinski definition) is 0. The molecule has 0 aromatic heterocycles. The van der Waals surface area contributed by atoms with E-state index in [2.05, 4.69) is 6.07 Å². The Hall–Kier alpha value is -1.62. The summed E-state index contributed by atoms with van der Waals surface area (Å²) in [5, 5.41) is 8.69. The Balaban J connectivity index is 2.55. The first-order valence-corrected chi connectivity index (χ1v) is 3.68. The average molecular weight is 159 g/mol. The van der Waals surface area contributed by atoms with Crippen molar-refractivity contribution in [3.05, 3.63) is 41.2 Å². The zero-order valence-electron chi connectivity index (χ0n) is 6.29. The lowest BCUT2D eigenvalue weighted by Crippen LogP contribution is -1.89. The number of nitrogens with zero attached hydrogens (tertiary/aromatic N) is 1.